The summed E-state index contributed by atoms with van der Waals surface area (Å²) in [6, 6.07) is 0. The van der Waals surface area contributed by atoms with Crippen molar-refractivity contribution in [1.29, 1.82) is 0 Å². The molecule has 0 radical (unpaired) electrons. The summed E-state index contributed by atoms with van der Waals surface area (Å²) in [4.78, 5) is 12.5. The highest BCUT2D eigenvalue weighted by molar-refractivity contribution is 7.71. The summed E-state index contributed by atoms with van der Waals surface area (Å²) < 4.78 is 3.58. The highest BCUT2D eigenvalue weighted by Crippen LogP contribution is 2.17. The number of unbranched alkanes of at least 4 members (excludes halogenated alkanes) is 2. The van der Waals surface area contributed by atoms with Crippen molar-refractivity contribution in [2.24, 2.45) is 0 Å². The zero-order valence-electron chi connectivity index (χ0n) is 13.3. The van der Waals surface area contributed by atoms with Crippen LogP contribution in [-0.4, -0.2) is 14.2 Å². The van der Waals surface area contributed by atoms with E-state index in [1.54, 1.807) is 21.3 Å². The van der Waals surface area contributed by atoms with Crippen LogP contribution in [0.2, 0.25) is 0 Å². The van der Waals surface area contributed by atoms with Gasteiger partial charge in [0.2, 0.25) is 5.88 Å². The largest absolute Gasteiger partial charge is 0.494 e. The van der Waals surface area contributed by atoms with Gasteiger partial charge in [-0.05, 0) is 37.2 Å². The van der Waals surface area contributed by atoms with Gasteiger partial charge in [0.1, 0.15) is 5.56 Å². The van der Waals surface area contributed by atoms with Crippen LogP contribution in [0, 0.1) is 4.77 Å². The summed E-state index contributed by atoms with van der Waals surface area (Å²) in [6.45, 7) is 8.85. The molecular formula is C17H24N2O2S. The molecule has 0 atom stereocenters. The van der Waals surface area contributed by atoms with Gasteiger partial charge in [-0.25, -0.2) is 0 Å². The lowest BCUT2D eigenvalue weighted by molar-refractivity contribution is 0.387. The molecule has 1 heterocycles. The average Bonchev–Trinajstić information content (AvgIpc) is 2.50. The quantitative estimate of drug-likeness (QED) is 0.447. The highest BCUT2D eigenvalue weighted by atomic mass is 32.1. The van der Waals surface area contributed by atoms with E-state index in [9.17, 15) is 9.90 Å². The van der Waals surface area contributed by atoms with Crippen LogP contribution in [0.1, 0.15) is 45.1 Å². The van der Waals surface area contributed by atoms with Gasteiger partial charge in [-0.1, -0.05) is 39.3 Å². The zero-order valence-corrected chi connectivity index (χ0v) is 14.2. The predicted molar refractivity (Wildman–Crippen MR) is 93.8 cm³/mol. The normalized spacial score (nSPS) is 10.1. The minimum absolute atomic E-state index is 0.0823. The molecule has 0 aliphatic carbocycles. The van der Waals surface area contributed by atoms with Crippen molar-refractivity contribution in [3.8, 4) is 5.88 Å². The standard InChI is InChI=1S/C17H24N2O2S/c1-4-7-10-11-14-15(20)18(12-8-5-2)17(22)19(16(14)21)13-9-6-3/h4,7,11,20H,1,5-6,8-9,12-13H2,2-3H3. The van der Waals surface area contributed by atoms with Gasteiger partial charge in [0, 0.05) is 13.1 Å². The van der Waals surface area contributed by atoms with Crippen LogP contribution in [0.4, 0.5) is 0 Å². The number of aromatic nitrogens is 2. The Morgan fingerprint density at radius 1 is 1.23 bits per heavy atom. The van der Waals surface area contributed by atoms with Crippen molar-refractivity contribution in [3.63, 3.8) is 0 Å². The van der Waals surface area contributed by atoms with Gasteiger partial charge in [0.25, 0.3) is 5.56 Å². The molecule has 0 fully saturated rings. The predicted octanol–water partition coefficient (Wildman–Crippen LogP) is 4.04. The molecule has 1 rings (SSSR count). The number of allylic oxidation sites excluding steroid dienone is 2. The van der Waals surface area contributed by atoms with Gasteiger partial charge in [-0.15, -0.1) is 5.73 Å². The van der Waals surface area contributed by atoms with Crippen molar-refractivity contribution < 1.29 is 5.11 Å². The molecule has 0 unspecified atom stereocenters. The lowest BCUT2D eigenvalue weighted by Crippen LogP contribution is -2.27. The molecule has 0 amide bonds. The lowest BCUT2D eigenvalue weighted by Gasteiger charge is -2.15. The summed E-state index contributed by atoms with van der Waals surface area (Å²) in [7, 11) is 0. The fourth-order valence-corrected chi connectivity index (χ4v) is 2.42. The topological polar surface area (TPSA) is 47.2 Å². The van der Waals surface area contributed by atoms with Crippen molar-refractivity contribution >= 4 is 18.3 Å². The van der Waals surface area contributed by atoms with E-state index in [2.05, 4.69) is 26.2 Å². The van der Waals surface area contributed by atoms with Crippen molar-refractivity contribution in [1.82, 2.24) is 9.13 Å². The second-order valence-corrected chi connectivity index (χ2v) is 5.41. The third kappa shape index (κ3) is 4.33. The highest BCUT2D eigenvalue weighted by Gasteiger charge is 2.14. The Bertz CT molecular complexity index is 692. The molecule has 0 bridgehead atoms. The third-order valence-corrected chi connectivity index (χ3v) is 3.79. The van der Waals surface area contributed by atoms with Crippen LogP contribution in [0.5, 0.6) is 5.88 Å². The Morgan fingerprint density at radius 3 is 2.36 bits per heavy atom. The zero-order chi connectivity index (χ0) is 16.5. The van der Waals surface area contributed by atoms with E-state index >= 15 is 0 Å². The molecule has 1 aromatic heterocycles. The molecule has 0 aromatic carbocycles. The van der Waals surface area contributed by atoms with Gasteiger partial charge in [0.05, 0.1) is 0 Å². The first kappa shape index (κ1) is 18.2. The van der Waals surface area contributed by atoms with Crippen LogP contribution in [-0.2, 0) is 13.1 Å². The van der Waals surface area contributed by atoms with Gasteiger partial charge < -0.3 is 5.11 Å². The summed E-state index contributed by atoms with van der Waals surface area (Å²) >= 11 is 5.40. The van der Waals surface area contributed by atoms with Gasteiger partial charge in [0.15, 0.2) is 4.77 Å². The minimum atomic E-state index is -0.270. The molecule has 0 spiro atoms. The number of rotatable bonds is 8. The van der Waals surface area contributed by atoms with Crippen molar-refractivity contribution in [3.05, 3.63) is 45.2 Å². The number of hydrogen-bond donors (Lipinski definition) is 1. The summed E-state index contributed by atoms with van der Waals surface area (Å²) in [5.41, 5.74) is 2.78. The molecule has 0 saturated carbocycles. The van der Waals surface area contributed by atoms with E-state index in [0.29, 0.717) is 17.9 Å². The molecule has 5 heteroatoms. The van der Waals surface area contributed by atoms with E-state index < -0.39 is 0 Å². The molecule has 22 heavy (non-hydrogen) atoms. The summed E-state index contributed by atoms with van der Waals surface area (Å²) in [6.07, 6.45) is 8.35. The summed E-state index contributed by atoms with van der Waals surface area (Å²) in [5, 5.41) is 10.4. The smallest absolute Gasteiger partial charge is 0.266 e. The first-order valence-electron chi connectivity index (χ1n) is 7.68. The minimum Gasteiger partial charge on any atom is -0.494 e. The summed E-state index contributed by atoms with van der Waals surface area (Å²) in [5.74, 6) is -0.0823. The monoisotopic (exact) mass is 320 g/mol. The first-order chi connectivity index (χ1) is 10.6. The number of aromatic hydroxyl groups is 1. The van der Waals surface area contributed by atoms with Crippen LogP contribution >= 0.6 is 12.2 Å². The Hall–Kier alpha value is -1.84. The molecule has 1 aromatic rings. The Balaban J connectivity index is 3.54. The Labute approximate surface area is 136 Å². The Kier molecular flexibility index (Phi) is 7.64. The van der Waals surface area contributed by atoms with E-state index in [1.807, 2.05) is 0 Å². The van der Waals surface area contributed by atoms with E-state index in [-0.39, 0.29) is 17.0 Å². The fraction of sp³-hybridized carbons (Fsp3) is 0.471. The number of hydrogen-bond acceptors (Lipinski definition) is 3. The third-order valence-electron chi connectivity index (χ3n) is 3.35. The molecule has 0 aliphatic rings. The van der Waals surface area contributed by atoms with Crippen LogP contribution in [0.15, 0.2) is 29.3 Å². The molecule has 4 nitrogen and oxygen atoms in total. The Morgan fingerprint density at radius 2 is 1.82 bits per heavy atom. The van der Waals surface area contributed by atoms with E-state index in [0.717, 1.165) is 25.7 Å². The molecule has 0 saturated heterocycles. The second kappa shape index (κ2) is 9.23. The lowest BCUT2D eigenvalue weighted by atomic mass is 10.2. The SMILES string of the molecule is C=CC=C=Cc1c(O)n(CCCC)c(=S)n(CCCC)c1=O. The van der Waals surface area contributed by atoms with Gasteiger partial charge >= 0.3 is 0 Å². The van der Waals surface area contributed by atoms with E-state index in [1.165, 1.54) is 6.08 Å². The maximum Gasteiger partial charge on any atom is 0.266 e. The van der Waals surface area contributed by atoms with Crippen LogP contribution in [0.25, 0.3) is 6.08 Å². The molecular weight excluding hydrogens is 296 g/mol. The fourth-order valence-electron chi connectivity index (χ4n) is 2.07. The van der Waals surface area contributed by atoms with Gasteiger partial charge in [-0.2, -0.15) is 0 Å². The molecule has 1 N–H and O–H groups in total. The maximum atomic E-state index is 12.5. The number of nitrogens with zero attached hydrogens (tertiary/aromatic N) is 2. The average molecular weight is 320 g/mol. The van der Waals surface area contributed by atoms with Gasteiger partial charge in [-0.3, -0.25) is 13.9 Å². The first-order valence-corrected chi connectivity index (χ1v) is 8.09. The maximum absolute atomic E-state index is 12.5. The molecule has 0 aliphatic heterocycles. The van der Waals surface area contributed by atoms with Crippen LogP contribution < -0.4 is 5.56 Å². The van der Waals surface area contributed by atoms with Crippen molar-refractivity contribution in [2.45, 2.75) is 52.6 Å². The molecule has 120 valence electrons. The van der Waals surface area contributed by atoms with Crippen molar-refractivity contribution in [2.75, 3.05) is 0 Å². The van der Waals surface area contributed by atoms with E-state index in [4.69, 9.17) is 12.2 Å². The second-order valence-electron chi connectivity index (χ2n) is 5.05. The van der Waals surface area contributed by atoms with Crippen LogP contribution in [0.3, 0.4) is 0 Å².